The van der Waals surface area contributed by atoms with Crippen LogP contribution >= 0.6 is 0 Å². The molecule has 0 amide bonds. The van der Waals surface area contributed by atoms with Crippen molar-refractivity contribution in [2.24, 2.45) is 0 Å². The van der Waals surface area contributed by atoms with Crippen LogP contribution in [0, 0.1) is 13.8 Å². The van der Waals surface area contributed by atoms with E-state index >= 15 is 0 Å². The van der Waals surface area contributed by atoms with Gasteiger partial charge in [-0.25, -0.2) is 14.9 Å². The molecule has 0 bridgehead atoms. The van der Waals surface area contributed by atoms with Crippen LogP contribution in [0.2, 0.25) is 0 Å². The summed E-state index contributed by atoms with van der Waals surface area (Å²) >= 11 is 0. The monoisotopic (exact) mass is 301 g/mol. The van der Waals surface area contributed by atoms with Gasteiger partial charge >= 0.3 is 5.69 Å². The normalized spacial score (nSPS) is 12.7. The van der Waals surface area contributed by atoms with Crippen molar-refractivity contribution in [1.29, 1.82) is 0 Å². The van der Waals surface area contributed by atoms with Crippen molar-refractivity contribution in [3.05, 3.63) is 39.3 Å². The third-order valence-electron chi connectivity index (χ3n) is 3.77. The fourth-order valence-corrected chi connectivity index (χ4v) is 2.34. The van der Waals surface area contributed by atoms with Gasteiger partial charge in [-0.1, -0.05) is 6.92 Å². The van der Waals surface area contributed by atoms with Crippen LogP contribution in [0.1, 0.15) is 42.7 Å². The van der Waals surface area contributed by atoms with Crippen LogP contribution in [0.4, 0.5) is 5.82 Å². The molecule has 3 rings (SSSR count). The third kappa shape index (κ3) is 2.36. The molecule has 0 aliphatic carbocycles. The van der Waals surface area contributed by atoms with Crippen LogP contribution in [0.25, 0.3) is 5.65 Å². The minimum atomic E-state index is -0.316. The number of aromatic amines is 2. The highest BCUT2D eigenvalue weighted by Gasteiger charge is 2.15. The number of hydrogen-bond acceptors (Lipinski definition) is 5. The molecule has 0 fully saturated rings. The molecule has 3 aromatic rings. The van der Waals surface area contributed by atoms with E-state index in [9.17, 15) is 4.79 Å². The first-order valence-electron chi connectivity index (χ1n) is 7.26. The molecule has 3 heterocycles. The van der Waals surface area contributed by atoms with E-state index in [-0.39, 0.29) is 11.7 Å². The molecule has 0 radical (unpaired) electrons. The molecular weight excluding hydrogens is 282 g/mol. The van der Waals surface area contributed by atoms with Gasteiger partial charge in [-0.05, 0) is 27.2 Å². The SMILES string of the molecule is CCc1cc(NC(C)c2n[nH]c(=O)[nH]2)n2nc(C)c(C)c2n1. The lowest BCUT2D eigenvalue weighted by Gasteiger charge is -2.14. The topological polar surface area (TPSA) is 104 Å². The summed E-state index contributed by atoms with van der Waals surface area (Å²) in [6.45, 7) is 7.97. The van der Waals surface area contributed by atoms with Crippen molar-refractivity contribution < 1.29 is 0 Å². The van der Waals surface area contributed by atoms with Crippen molar-refractivity contribution >= 4 is 11.5 Å². The quantitative estimate of drug-likeness (QED) is 0.677. The van der Waals surface area contributed by atoms with Crippen LogP contribution in [-0.4, -0.2) is 29.8 Å². The summed E-state index contributed by atoms with van der Waals surface area (Å²) in [5.74, 6) is 1.38. The Bertz CT molecular complexity index is 873. The van der Waals surface area contributed by atoms with Gasteiger partial charge in [0, 0.05) is 17.3 Å². The first-order valence-corrected chi connectivity index (χ1v) is 7.26. The van der Waals surface area contributed by atoms with Crippen molar-refractivity contribution in [1.82, 2.24) is 29.8 Å². The van der Waals surface area contributed by atoms with Crippen molar-refractivity contribution in [2.45, 2.75) is 40.2 Å². The van der Waals surface area contributed by atoms with Crippen molar-refractivity contribution in [3.63, 3.8) is 0 Å². The van der Waals surface area contributed by atoms with E-state index in [1.54, 1.807) is 4.52 Å². The van der Waals surface area contributed by atoms with Crippen LogP contribution in [0.15, 0.2) is 10.9 Å². The Morgan fingerprint density at radius 1 is 1.41 bits per heavy atom. The summed E-state index contributed by atoms with van der Waals surface area (Å²) < 4.78 is 1.80. The summed E-state index contributed by atoms with van der Waals surface area (Å²) in [6, 6.07) is 1.80. The number of fused-ring (bicyclic) bond motifs is 1. The zero-order valence-corrected chi connectivity index (χ0v) is 13.1. The van der Waals surface area contributed by atoms with E-state index < -0.39 is 0 Å². The number of rotatable bonds is 4. The van der Waals surface area contributed by atoms with Gasteiger partial charge in [0.15, 0.2) is 11.5 Å². The summed E-state index contributed by atoms with van der Waals surface area (Å²) in [6.07, 6.45) is 0.836. The Morgan fingerprint density at radius 2 is 2.18 bits per heavy atom. The average Bonchev–Trinajstić information content (AvgIpc) is 3.05. The van der Waals surface area contributed by atoms with Crippen LogP contribution in [0.3, 0.4) is 0 Å². The molecule has 0 aliphatic heterocycles. The standard InChI is InChI=1S/C14H19N7O/c1-5-10-6-11(15-9(4)12-17-14(22)19-18-12)21-13(16-10)7(2)8(3)20-21/h6,9,15H,5H2,1-4H3,(H2,17,18,19,22). The molecule has 22 heavy (non-hydrogen) atoms. The summed E-state index contributed by atoms with van der Waals surface area (Å²) in [7, 11) is 0. The molecule has 0 spiro atoms. The second-order valence-electron chi connectivity index (χ2n) is 5.36. The lowest BCUT2D eigenvalue weighted by atomic mass is 10.2. The summed E-state index contributed by atoms with van der Waals surface area (Å²) in [4.78, 5) is 18.5. The van der Waals surface area contributed by atoms with E-state index in [2.05, 4.69) is 37.5 Å². The maximum absolute atomic E-state index is 11.2. The summed E-state index contributed by atoms with van der Waals surface area (Å²) in [5, 5.41) is 14.2. The molecule has 0 aliphatic rings. The Labute approximate surface area is 127 Å². The van der Waals surface area contributed by atoms with Crippen molar-refractivity contribution in [3.8, 4) is 0 Å². The van der Waals surface area contributed by atoms with Gasteiger partial charge in [0.1, 0.15) is 5.82 Å². The molecule has 116 valence electrons. The maximum Gasteiger partial charge on any atom is 0.340 e. The van der Waals surface area contributed by atoms with Crippen LogP contribution in [-0.2, 0) is 6.42 Å². The first kappa shape index (κ1) is 14.3. The highest BCUT2D eigenvalue weighted by molar-refractivity contribution is 5.56. The van der Waals surface area contributed by atoms with Gasteiger partial charge in [-0.15, -0.1) is 0 Å². The summed E-state index contributed by atoms with van der Waals surface area (Å²) in [5.41, 5.74) is 3.54. The largest absolute Gasteiger partial charge is 0.360 e. The molecule has 3 aromatic heterocycles. The Balaban J connectivity index is 2.05. The number of aromatic nitrogens is 6. The fourth-order valence-electron chi connectivity index (χ4n) is 2.34. The zero-order valence-electron chi connectivity index (χ0n) is 13.1. The molecular formula is C14H19N7O. The van der Waals surface area contributed by atoms with Crippen LogP contribution in [0.5, 0.6) is 0 Å². The molecule has 0 saturated carbocycles. The van der Waals surface area contributed by atoms with Gasteiger partial charge < -0.3 is 5.32 Å². The Kier molecular flexibility index (Phi) is 3.44. The second-order valence-corrected chi connectivity index (χ2v) is 5.36. The van der Waals surface area contributed by atoms with E-state index in [0.29, 0.717) is 5.82 Å². The minimum Gasteiger partial charge on any atom is -0.360 e. The molecule has 1 atom stereocenters. The predicted octanol–water partition coefficient (Wildman–Crippen LogP) is 1.49. The number of nitrogens with zero attached hydrogens (tertiary/aromatic N) is 4. The lowest BCUT2D eigenvalue weighted by Crippen LogP contribution is -2.14. The van der Waals surface area contributed by atoms with Gasteiger partial charge in [0.05, 0.1) is 11.7 Å². The smallest absolute Gasteiger partial charge is 0.340 e. The fraction of sp³-hybridized carbons (Fsp3) is 0.429. The van der Waals surface area contributed by atoms with Crippen LogP contribution < -0.4 is 11.0 Å². The van der Waals surface area contributed by atoms with Gasteiger partial charge in [0.25, 0.3) is 0 Å². The third-order valence-corrected chi connectivity index (χ3v) is 3.77. The van der Waals surface area contributed by atoms with E-state index in [0.717, 1.165) is 34.8 Å². The molecule has 3 N–H and O–H groups in total. The van der Waals surface area contributed by atoms with E-state index in [4.69, 9.17) is 0 Å². The predicted molar refractivity (Wildman–Crippen MR) is 83.1 cm³/mol. The second kappa shape index (κ2) is 5.28. The average molecular weight is 301 g/mol. The molecule has 8 nitrogen and oxygen atoms in total. The zero-order chi connectivity index (χ0) is 15.9. The minimum absolute atomic E-state index is 0.168. The lowest BCUT2D eigenvalue weighted by molar-refractivity contribution is 0.772. The van der Waals surface area contributed by atoms with Gasteiger partial charge in [-0.2, -0.15) is 14.7 Å². The maximum atomic E-state index is 11.2. The van der Waals surface area contributed by atoms with Gasteiger partial charge in [0.2, 0.25) is 0 Å². The van der Waals surface area contributed by atoms with E-state index in [1.165, 1.54) is 0 Å². The van der Waals surface area contributed by atoms with Gasteiger partial charge in [-0.3, -0.25) is 4.98 Å². The molecule has 1 unspecified atom stereocenters. The molecule has 0 saturated heterocycles. The Morgan fingerprint density at radius 3 is 2.82 bits per heavy atom. The number of hydrogen-bond donors (Lipinski definition) is 3. The number of aryl methyl sites for hydroxylation is 3. The highest BCUT2D eigenvalue weighted by atomic mass is 16.1. The first-order chi connectivity index (χ1) is 10.5. The number of anilines is 1. The van der Waals surface area contributed by atoms with Crippen molar-refractivity contribution in [2.75, 3.05) is 5.32 Å². The van der Waals surface area contributed by atoms with E-state index in [1.807, 2.05) is 26.8 Å². The number of H-pyrrole nitrogens is 2. The molecule has 8 heteroatoms. The molecule has 0 aromatic carbocycles. The highest BCUT2D eigenvalue weighted by Crippen LogP contribution is 2.21. The Hall–Kier alpha value is -2.64. The number of nitrogens with one attached hydrogen (secondary N) is 3.